The van der Waals surface area contributed by atoms with Gasteiger partial charge in [0.25, 0.3) is 0 Å². The van der Waals surface area contributed by atoms with E-state index in [0.717, 1.165) is 19.6 Å². The summed E-state index contributed by atoms with van der Waals surface area (Å²) in [7, 11) is 0. The molecule has 0 saturated carbocycles. The molecule has 0 spiro atoms. The molecule has 8 nitrogen and oxygen atoms in total. The molecule has 0 amide bonds. The van der Waals surface area contributed by atoms with Crippen molar-refractivity contribution in [2.24, 2.45) is 0 Å². The van der Waals surface area contributed by atoms with Crippen molar-refractivity contribution in [2.45, 2.75) is 39.3 Å². The van der Waals surface area contributed by atoms with Crippen LogP contribution >= 0.6 is 23.2 Å². The Morgan fingerprint density at radius 1 is 1.30 bits per heavy atom. The van der Waals surface area contributed by atoms with Crippen LogP contribution in [0.2, 0.25) is 10.0 Å². The van der Waals surface area contributed by atoms with Gasteiger partial charge in [-0.05, 0) is 51.6 Å². The average molecular weight is 538 g/mol. The SMILES string of the molecule is CCNC1(C)CN(c2ncc(C(=N)c3cc(O[C@H](C)c4c(Cl)cnc(C)c4Cl)ccc3N)cc2C#N)C1. The molecular weight excluding hydrogens is 509 g/mol. The Morgan fingerprint density at radius 3 is 2.70 bits per heavy atom. The smallest absolute Gasteiger partial charge is 0.146 e. The number of nitrogen functional groups attached to an aromatic ring is 1. The standard InChI is InChI=1S/C27H29Cl2N7O/c1-5-35-27(4)13-36(14-27)26-17(10-30)8-18(11-34-26)25(32)20-9-19(6-7-22(20)31)37-16(3)23-21(28)12-33-15(2)24(23)29/h6-9,11-12,16,32,35H,5,13-14,31H2,1-4H3/t16-/m1/s1. The summed E-state index contributed by atoms with van der Waals surface area (Å²) in [6.07, 6.45) is 2.69. The zero-order chi connectivity index (χ0) is 26.9. The number of nitriles is 1. The van der Waals surface area contributed by atoms with Gasteiger partial charge in [0, 0.05) is 47.9 Å². The summed E-state index contributed by atoms with van der Waals surface area (Å²) in [5.74, 6) is 1.12. The van der Waals surface area contributed by atoms with E-state index in [4.69, 9.17) is 39.1 Å². The van der Waals surface area contributed by atoms with Gasteiger partial charge in [-0.25, -0.2) is 4.98 Å². The first-order valence-electron chi connectivity index (χ1n) is 11.9. The normalized spacial score (nSPS) is 15.0. The lowest BCUT2D eigenvalue weighted by Crippen LogP contribution is -2.68. The number of nitrogens with zero attached hydrogens (tertiary/aromatic N) is 4. The van der Waals surface area contributed by atoms with Gasteiger partial charge in [0.05, 0.1) is 32.6 Å². The number of pyridine rings is 2. The number of halogens is 2. The number of hydrogen-bond acceptors (Lipinski definition) is 8. The van der Waals surface area contributed by atoms with Gasteiger partial charge in [0.1, 0.15) is 23.7 Å². The maximum atomic E-state index is 9.79. The first-order valence-corrected chi connectivity index (χ1v) is 12.7. The molecule has 10 heteroatoms. The van der Waals surface area contributed by atoms with Crippen molar-refractivity contribution < 1.29 is 4.74 Å². The lowest BCUT2D eigenvalue weighted by Gasteiger charge is -2.49. The van der Waals surface area contributed by atoms with Crippen LogP contribution in [-0.2, 0) is 0 Å². The van der Waals surface area contributed by atoms with Crippen LogP contribution in [-0.4, -0.2) is 40.9 Å². The van der Waals surface area contributed by atoms with E-state index in [0.29, 0.717) is 55.2 Å². The molecule has 1 saturated heterocycles. The number of hydrogen-bond donors (Lipinski definition) is 3. The van der Waals surface area contributed by atoms with E-state index in [2.05, 4.69) is 40.1 Å². The van der Waals surface area contributed by atoms with Crippen molar-refractivity contribution in [3.05, 3.63) is 74.7 Å². The molecule has 37 heavy (non-hydrogen) atoms. The molecule has 3 heterocycles. The molecule has 1 aliphatic heterocycles. The maximum Gasteiger partial charge on any atom is 0.146 e. The molecule has 192 valence electrons. The minimum atomic E-state index is -0.470. The van der Waals surface area contributed by atoms with Crippen molar-refractivity contribution in [1.29, 1.82) is 10.7 Å². The van der Waals surface area contributed by atoms with E-state index >= 15 is 0 Å². The summed E-state index contributed by atoms with van der Waals surface area (Å²) in [6, 6.07) is 9.02. The number of aryl methyl sites for hydroxylation is 1. The van der Waals surface area contributed by atoms with Crippen molar-refractivity contribution >= 4 is 40.4 Å². The molecule has 4 rings (SSSR count). The molecule has 0 bridgehead atoms. The number of ether oxygens (including phenoxy) is 1. The Hall–Kier alpha value is -3.38. The van der Waals surface area contributed by atoms with Gasteiger partial charge in [0.15, 0.2) is 0 Å². The summed E-state index contributed by atoms with van der Waals surface area (Å²) in [4.78, 5) is 10.8. The third kappa shape index (κ3) is 5.35. The Morgan fingerprint density at radius 2 is 2.03 bits per heavy atom. The lowest BCUT2D eigenvalue weighted by atomic mass is 9.91. The summed E-state index contributed by atoms with van der Waals surface area (Å²) in [6.45, 7) is 10.3. The Balaban J connectivity index is 1.57. The molecule has 1 fully saturated rings. The number of nitrogens with one attached hydrogen (secondary N) is 2. The molecule has 0 radical (unpaired) electrons. The fourth-order valence-corrected chi connectivity index (χ4v) is 5.26. The summed E-state index contributed by atoms with van der Waals surface area (Å²) < 4.78 is 6.13. The van der Waals surface area contributed by atoms with Crippen LogP contribution in [0.15, 0.2) is 36.7 Å². The number of rotatable bonds is 8. The first-order chi connectivity index (χ1) is 17.6. The molecule has 1 aromatic carbocycles. The molecule has 1 aliphatic rings. The highest BCUT2D eigenvalue weighted by atomic mass is 35.5. The van der Waals surface area contributed by atoms with E-state index in [1.165, 1.54) is 0 Å². The van der Waals surface area contributed by atoms with Crippen LogP contribution in [0.1, 0.15) is 54.8 Å². The second-order valence-corrected chi connectivity index (χ2v) is 10.2. The van der Waals surface area contributed by atoms with Crippen molar-refractivity contribution in [3.8, 4) is 11.8 Å². The van der Waals surface area contributed by atoms with Gasteiger partial charge in [-0.3, -0.25) is 10.4 Å². The summed E-state index contributed by atoms with van der Waals surface area (Å²) in [5, 5.41) is 22.9. The Bertz CT molecular complexity index is 1400. The zero-order valence-electron chi connectivity index (χ0n) is 21.2. The highest BCUT2D eigenvalue weighted by molar-refractivity contribution is 6.36. The Kier molecular flexibility index (Phi) is 7.60. The Labute approximate surface area is 226 Å². The number of anilines is 2. The monoisotopic (exact) mass is 537 g/mol. The highest BCUT2D eigenvalue weighted by Gasteiger charge is 2.39. The van der Waals surface area contributed by atoms with Gasteiger partial charge >= 0.3 is 0 Å². The van der Waals surface area contributed by atoms with E-state index in [1.807, 2.05) is 6.92 Å². The molecule has 1 atom stereocenters. The second-order valence-electron chi connectivity index (χ2n) is 9.46. The molecule has 0 unspecified atom stereocenters. The molecule has 3 aromatic rings. The molecular formula is C27H29Cl2N7O. The number of likely N-dealkylation sites (N-methyl/N-ethyl adjacent to an activating group) is 1. The highest BCUT2D eigenvalue weighted by Crippen LogP contribution is 2.35. The quantitative estimate of drug-likeness (QED) is 0.263. The van der Waals surface area contributed by atoms with Crippen molar-refractivity contribution in [2.75, 3.05) is 30.3 Å². The second kappa shape index (κ2) is 10.5. The summed E-state index contributed by atoms with van der Waals surface area (Å²) >= 11 is 12.8. The van der Waals surface area contributed by atoms with Gasteiger partial charge in [-0.1, -0.05) is 30.1 Å². The van der Waals surface area contributed by atoms with Crippen molar-refractivity contribution in [1.82, 2.24) is 15.3 Å². The lowest BCUT2D eigenvalue weighted by molar-refractivity contribution is 0.227. The summed E-state index contributed by atoms with van der Waals surface area (Å²) in [5.41, 5.74) is 9.45. The number of nitrogens with two attached hydrogens (primary N) is 1. The van der Waals surface area contributed by atoms with Gasteiger partial charge in [-0.2, -0.15) is 5.26 Å². The minimum Gasteiger partial charge on any atom is -0.486 e. The largest absolute Gasteiger partial charge is 0.486 e. The van der Waals surface area contributed by atoms with Crippen LogP contribution < -0.4 is 20.7 Å². The fourth-order valence-electron chi connectivity index (χ4n) is 4.61. The third-order valence-corrected chi connectivity index (χ3v) is 7.23. The van der Waals surface area contributed by atoms with E-state index in [1.54, 1.807) is 43.6 Å². The van der Waals surface area contributed by atoms with Gasteiger partial charge in [0.2, 0.25) is 0 Å². The fraction of sp³-hybridized carbons (Fsp3) is 0.333. The third-order valence-electron chi connectivity index (χ3n) is 6.45. The minimum absolute atomic E-state index is 0.00395. The number of aromatic nitrogens is 2. The van der Waals surface area contributed by atoms with Gasteiger partial charge < -0.3 is 20.7 Å². The topological polar surface area (TPSA) is 124 Å². The van der Waals surface area contributed by atoms with Crippen LogP contribution in [0.4, 0.5) is 11.5 Å². The number of benzene rings is 1. The van der Waals surface area contributed by atoms with Crippen LogP contribution in [0.3, 0.4) is 0 Å². The predicted octanol–water partition coefficient (Wildman–Crippen LogP) is 5.29. The van der Waals surface area contributed by atoms with Crippen LogP contribution in [0.25, 0.3) is 0 Å². The molecule has 4 N–H and O–H groups in total. The maximum absolute atomic E-state index is 9.79. The molecule has 2 aromatic heterocycles. The predicted molar refractivity (Wildman–Crippen MR) is 148 cm³/mol. The van der Waals surface area contributed by atoms with Crippen molar-refractivity contribution in [3.63, 3.8) is 0 Å². The average Bonchev–Trinajstić information content (AvgIpc) is 2.85. The van der Waals surface area contributed by atoms with Gasteiger partial charge in [-0.15, -0.1) is 0 Å². The van der Waals surface area contributed by atoms with E-state index < -0.39 is 6.10 Å². The first kappa shape index (κ1) is 26.7. The van der Waals surface area contributed by atoms with E-state index in [9.17, 15) is 5.26 Å². The van der Waals surface area contributed by atoms with Crippen LogP contribution in [0, 0.1) is 23.7 Å². The van der Waals surface area contributed by atoms with E-state index in [-0.39, 0.29) is 11.3 Å². The zero-order valence-corrected chi connectivity index (χ0v) is 22.7. The molecule has 0 aliphatic carbocycles. The van der Waals surface area contributed by atoms with Crippen LogP contribution in [0.5, 0.6) is 5.75 Å².